The molecule has 1 aliphatic heterocycles. The van der Waals surface area contributed by atoms with Gasteiger partial charge in [0.05, 0.1) is 4.88 Å². The lowest BCUT2D eigenvalue weighted by Crippen LogP contribution is -2.41. The van der Waals surface area contributed by atoms with Crippen LogP contribution >= 0.6 is 11.3 Å². The second kappa shape index (κ2) is 4.79. The molecule has 0 aliphatic carbocycles. The van der Waals surface area contributed by atoms with Crippen LogP contribution in [0.1, 0.15) is 18.7 Å². The van der Waals surface area contributed by atoms with Crippen LogP contribution in [0.3, 0.4) is 0 Å². The maximum atomic E-state index is 5.66. The number of hydrogen-bond acceptors (Lipinski definition) is 6. The predicted molar refractivity (Wildman–Crippen MR) is 68.4 cm³/mol. The molecule has 1 aliphatic rings. The van der Waals surface area contributed by atoms with Crippen LogP contribution in [-0.4, -0.2) is 30.3 Å². The van der Waals surface area contributed by atoms with E-state index in [1.54, 1.807) is 18.4 Å². The summed E-state index contributed by atoms with van der Waals surface area (Å²) in [5.74, 6) is 1.24. The fourth-order valence-corrected chi connectivity index (χ4v) is 2.90. The fourth-order valence-electron chi connectivity index (χ4n) is 2.25. The van der Waals surface area contributed by atoms with E-state index in [4.69, 9.17) is 9.26 Å². The van der Waals surface area contributed by atoms with Crippen LogP contribution in [0.2, 0.25) is 0 Å². The highest BCUT2D eigenvalue weighted by molar-refractivity contribution is 7.13. The second-order valence-corrected chi connectivity index (χ2v) is 5.30. The van der Waals surface area contributed by atoms with Crippen molar-refractivity contribution in [2.24, 2.45) is 0 Å². The minimum Gasteiger partial charge on any atom is -0.368 e. The van der Waals surface area contributed by atoms with Crippen LogP contribution in [0, 0.1) is 0 Å². The van der Waals surface area contributed by atoms with Crippen molar-refractivity contribution in [2.45, 2.75) is 18.4 Å². The third-order valence-electron chi connectivity index (χ3n) is 3.36. The summed E-state index contributed by atoms with van der Waals surface area (Å²) in [6.45, 7) is 1.81. The summed E-state index contributed by atoms with van der Waals surface area (Å²) in [4.78, 5) is 5.52. The number of piperidine rings is 1. The number of thiophene rings is 1. The molecule has 1 saturated heterocycles. The van der Waals surface area contributed by atoms with Gasteiger partial charge in [-0.05, 0) is 37.4 Å². The highest BCUT2D eigenvalue weighted by Crippen LogP contribution is 2.34. The number of aromatic nitrogens is 2. The predicted octanol–water partition coefficient (Wildman–Crippen LogP) is 2.02. The highest BCUT2D eigenvalue weighted by atomic mass is 32.1. The first-order valence-corrected chi connectivity index (χ1v) is 6.86. The highest BCUT2D eigenvalue weighted by Gasteiger charge is 2.39. The summed E-state index contributed by atoms with van der Waals surface area (Å²) in [5.41, 5.74) is -0.423. The molecule has 0 amide bonds. The van der Waals surface area contributed by atoms with Crippen LogP contribution in [0.5, 0.6) is 0 Å². The summed E-state index contributed by atoms with van der Waals surface area (Å²) in [6, 6.07) is 3.97. The molecule has 0 aromatic carbocycles. The van der Waals surface area contributed by atoms with Crippen molar-refractivity contribution in [1.82, 2.24) is 15.5 Å². The average molecular weight is 265 g/mol. The Hall–Kier alpha value is -1.24. The Morgan fingerprint density at radius 3 is 2.94 bits per heavy atom. The first-order valence-electron chi connectivity index (χ1n) is 5.98. The third kappa shape index (κ3) is 1.96. The van der Waals surface area contributed by atoms with Gasteiger partial charge in [0.2, 0.25) is 5.82 Å². The normalized spacial score (nSPS) is 18.9. The first kappa shape index (κ1) is 11.8. The van der Waals surface area contributed by atoms with Crippen molar-refractivity contribution in [1.29, 1.82) is 0 Å². The second-order valence-electron chi connectivity index (χ2n) is 4.35. The van der Waals surface area contributed by atoms with E-state index in [1.807, 2.05) is 17.5 Å². The van der Waals surface area contributed by atoms with E-state index in [0.717, 1.165) is 30.8 Å². The van der Waals surface area contributed by atoms with Crippen LogP contribution in [0.4, 0.5) is 0 Å². The lowest BCUT2D eigenvalue weighted by molar-refractivity contribution is -0.0622. The zero-order chi connectivity index (χ0) is 12.4. The van der Waals surface area contributed by atoms with Crippen molar-refractivity contribution in [2.75, 3.05) is 20.2 Å². The monoisotopic (exact) mass is 265 g/mol. The smallest absolute Gasteiger partial charge is 0.259 e. The summed E-state index contributed by atoms with van der Waals surface area (Å²) in [5, 5.41) is 9.36. The molecule has 0 radical (unpaired) electrons. The summed E-state index contributed by atoms with van der Waals surface area (Å²) in [7, 11) is 1.71. The van der Waals surface area contributed by atoms with Crippen LogP contribution in [-0.2, 0) is 10.3 Å². The Labute approximate surface area is 109 Å². The maximum Gasteiger partial charge on any atom is 0.259 e. The molecule has 1 N–H and O–H groups in total. The van der Waals surface area contributed by atoms with Gasteiger partial charge in [0, 0.05) is 7.11 Å². The molecule has 0 bridgehead atoms. The van der Waals surface area contributed by atoms with E-state index >= 15 is 0 Å². The van der Waals surface area contributed by atoms with Crippen LogP contribution < -0.4 is 5.32 Å². The number of methoxy groups -OCH3 is 1. The van der Waals surface area contributed by atoms with Crippen molar-refractivity contribution in [3.8, 4) is 10.7 Å². The van der Waals surface area contributed by atoms with E-state index in [9.17, 15) is 0 Å². The Morgan fingerprint density at radius 2 is 2.28 bits per heavy atom. The Bertz CT molecular complexity index is 503. The molecule has 2 aromatic heterocycles. The molecule has 6 heteroatoms. The van der Waals surface area contributed by atoms with Crippen molar-refractivity contribution in [3.05, 3.63) is 23.4 Å². The van der Waals surface area contributed by atoms with Gasteiger partial charge < -0.3 is 14.6 Å². The van der Waals surface area contributed by atoms with E-state index in [0.29, 0.717) is 11.7 Å². The van der Waals surface area contributed by atoms with E-state index in [-0.39, 0.29) is 0 Å². The molecule has 0 atom stereocenters. The minimum absolute atomic E-state index is 0.423. The fraction of sp³-hybridized carbons (Fsp3) is 0.500. The molecule has 0 spiro atoms. The van der Waals surface area contributed by atoms with Crippen molar-refractivity contribution >= 4 is 11.3 Å². The first-order chi connectivity index (χ1) is 8.84. The maximum absolute atomic E-state index is 5.66. The summed E-state index contributed by atoms with van der Waals surface area (Å²) >= 11 is 1.60. The zero-order valence-electron chi connectivity index (χ0n) is 10.2. The summed E-state index contributed by atoms with van der Waals surface area (Å²) < 4.78 is 11.1. The molecule has 96 valence electrons. The van der Waals surface area contributed by atoms with Crippen LogP contribution in [0.25, 0.3) is 10.7 Å². The van der Waals surface area contributed by atoms with E-state index < -0.39 is 5.60 Å². The SMILES string of the molecule is COC1(c2nc(-c3cccs3)no2)CCNCC1. The molecule has 3 heterocycles. The van der Waals surface area contributed by atoms with E-state index in [1.165, 1.54) is 0 Å². The number of ether oxygens (including phenoxy) is 1. The van der Waals surface area contributed by atoms with Gasteiger partial charge in [-0.25, -0.2) is 0 Å². The zero-order valence-corrected chi connectivity index (χ0v) is 11.0. The van der Waals surface area contributed by atoms with Gasteiger partial charge in [0.1, 0.15) is 5.60 Å². The average Bonchev–Trinajstić information content (AvgIpc) is 3.10. The molecule has 3 rings (SSSR count). The van der Waals surface area contributed by atoms with Crippen molar-refractivity contribution in [3.63, 3.8) is 0 Å². The van der Waals surface area contributed by atoms with Crippen LogP contribution in [0.15, 0.2) is 22.0 Å². The third-order valence-corrected chi connectivity index (χ3v) is 4.23. The molecule has 0 saturated carbocycles. The molecule has 0 unspecified atom stereocenters. The molecule has 5 nitrogen and oxygen atoms in total. The van der Waals surface area contributed by atoms with Gasteiger partial charge >= 0.3 is 0 Å². The van der Waals surface area contributed by atoms with Crippen molar-refractivity contribution < 1.29 is 9.26 Å². The molecule has 18 heavy (non-hydrogen) atoms. The molecular weight excluding hydrogens is 250 g/mol. The lowest BCUT2D eigenvalue weighted by Gasteiger charge is -2.32. The van der Waals surface area contributed by atoms with E-state index in [2.05, 4.69) is 15.5 Å². The van der Waals surface area contributed by atoms with Gasteiger partial charge in [0.15, 0.2) is 0 Å². The van der Waals surface area contributed by atoms with Gasteiger partial charge in [-0.1, -0.05) is 11.2 Å². The minimum atomic E-state index is -0.423. The van der Waals surface area contributed by atoms with Gasteiger partial charge in [0.25, 0.3) is 5.89 Å². The quantitative estimate of drug-likeness (QED) is 0.920. The number of rotatable bonds is 3. The molecule has 1 fully saturated rings. The molecular formula is C12H15N3O2S. The number of nitrogens with one attached hydrogen (secondary N) is 1. The van der Waals surface area contributed by atoms with Gasteiger partial charge in [-0.2, -0.15) is 4.98 Å². The number of hydrogen-bond donors (Lipinski definition) is 1. The largest absolute Gasteiger partial charge is 0.368 e. The topological polar surface area (TPSA) is 60.2 Å². The molecule has 2 aromatic rings. The van der Waals surface area contributed by atoms with Gasteiger partial charge in [-0.3, -0.25) is 0 Å². The van der Waals surface area contributed by atoms with Gasteiger partial charge in [-0.15, -0.1) is 11.3 Å². The standard InChI is InChI=1S/C12H15N3O2S/c1-16-12(4-6-13-7-5-12)11-14-10(15-17-11)9-3-2-8-18-9/h2-3,8,13H,4-7H2,1H3. The Kier molecular flexibility index (Phi) is 3.15. The summed E-state index contributed by atoms with van der Waals surface area (Å²) in [6.07, 6.45) is 1.71. The Morgan fingerprint density at radius 1 is 1.44 bits per heavy atom. The Balaban J connectivity index is 1.92. The lowest BCUT2D eigenvalue weighted by atomic mass is 9.92. The number of nitrogens with zero attached hydrogens (tertiary/aromatic N) is 2.